The summed E-state index contributed by atoms with van der Waals surface area (Å²) in [6.45, 7) is 3.71. The van der Waals surface area contributed by atoms with Crippen LogP contribution in [0.25, 0.3) is 11.3 Å². The molecule has 1 aliphatic rings. The summed E-state index contributed by atoms with van der Waals surface area (Å²) >= 11 is 11.1. The number of fused-ring (bicyclic) bond motifs is 1. The van der Waals surface area contributed by atoms with E-state index in [0.29, 0.717) is 15.9 Å². The number of amides is 1. The summed E-state index contributed by atoms with van der Waals surface area (Å²) in [5.74, 6) is 0.344. The average Bonchev–Trinajstić information content (AvgIpc) is 3.22. The van der Waals surface area contributed by atoms with Crippen LogP contribution in [0.15, 0.2) is 34.1 Å². The maximum Gasteiger partial charge on any atom is 0.264 e. The molecule has 1 aromatic heterocycles. The molecule has 4 rings (SSSR count). The Morgan fingerprint density at radius 2 is 2.00 bits per heavy atom. The van der Waals surface area contributed by atoms with E-state index in [1.54, 1.807) is 0 Å². The number of carbonyl (C=O) groups is 1. The molecule has 30 heavy (non-hydrogen) atoms. The van der Waals surface area contributed by atoms with Gasteiger partial charge in [-0.2, -0.15) is 0 Å². The van der Waals surface area contributed by atoms with Crippen molar-refractivity contribution in [3.05, 3.63) is 61.4 Å². The maximum absolute atomic E-state index is 12.4. The third-order valence-corrected chi connectivity index (χ3v) is 7.65. The summed E-state index contributed by atoms with van der Waals surface area (Å²) in [5.41, 5.74) is 6.65. The molecule has 1 aliphatic carbocycles. The predicted octanol–water partition coefficient (Wildman–Crippen LogP) is 6.74. The molecule has 0 fully saturated rings. The van der Waals surface area contributed by atoms with Crippen molar-refractivity contribution >= 4 is 49.9 Å². The molecule has 1 N–H and O–H groups in total. The van der Waals surface area contributed by atoms with E-state index in [-0.39, 0.29) is 12.5 Å². The maximum atomic E-state index is 12.4. The molecule has 3 aromatic rings. The van der Waals surface area contributed by atoms with Crippen molar-refractivity contribution in [1.82, 2.24) is 4.98 Å². The van der Waals surface area contributed by atoms with Crippen LogP contribution in [0.5, 0.6) is 5.75 Å². The van der Waals surface area contributed by atoms with Gasteiger partial charge < -0.3 is 4.74 Å². The van der Waals surface area contributed by atoms with Crippen LogP contribution in [0.3, 0.4) is 0 Å². The molecule has 0 unspecified atom stereocenters. The molecule has 156 valence electrons. The number of thiazole rings is 1. The molecule has 1 amide bonds. The van der Waals surface area contributed by atoms with E-state index in [1.807, 2.05) is 25.3 Å². The van der Waals surface area contributed by atoms with Crippen LogP contribution in [0.2, 0.25) is 5.02 Å². The lowest BCUT2D eigenvalue weighted by Crippen LogP contribution is -2.20. The monoisotopic (exact) mass is 504 g/mol. The number of aromatic nitrogens is 1. The largest absolute Gasteiger partial charge is 0.483 e. The van der Waals surface area contributed by atoms with Gasteiger partial charge in [-0.05, 0) is 89.8 Å². The van der Waals surface area contributed by atoms with E-state index in [1.165, 1.54) is 35.3 Å². The number of carbonyl (C=O) groups excluding carboxylic acids is 1. The Labute approximate surface area is 193 Å². The van der Waals surface area contributed by atoms with Crippen molar-refractivity contribution in [2.24, 2.45) is 0 Å². The first-order chi connectivity index (χ1) is 14.4. The van der Waals surface area contributed by atoms with Crippen LogP contribution in [0.4, 0.5) is 5.13 Å². The zero-order valence-electron chi connectivity index (χ0n) is 16.9. The van der Waals surface area contributed by atoms with Gasteiger partial charge in [0, 0.05) is 16.0 Å². The fourth-order valence-corrected chi connectivity index (χ4v) is 5.09. The van der Waals surface area contributed by atoms with E-state index >= 15 is 0 Å². The minimum absolute atomic E-state index is 0.104. The number of nitrogens with one attached hydrogen (secondary N) is 1. The number of hydrogen-bond acceptors (Lipinski definition) is 4. The minimum atomic E-state index is -0.251. The Hall–Kier alpha value is -1.89. The van der Waals surface area contributed by atoms with Crippen LogP contribution in [0, 0.1) is 13.8 Å². The number of hydrogen-bond donors (Lipinski definition) is 1. The second kappa shape index (κ2) is 9.08. The van der Waals surface area contributed by atoms with E-state index < -0.39 is 0 Å². The van der Waals surface area contributed by atoms with Gasteiger partial charge in [0.2, 0.25) is 0 Å². The molecule has 4 nitrogen and oxygen atoms in total. The number of rotatable bonds is 5. The Kier molecular flexibility index (Phi) is 6.46. The number of halogens is 2. The molecule has 2 aromatic carbocycles. The summed E-state index contributed by atoms with van der Waals surface area (Å²) in [5, 5.41) is 6.06. The van der Waals surface area contributed by atoms with E-state index in [2.05, 4.69) is 44.4 Å². The smallest absolute Gasteiger partial charge is 0.264 e. The highest BCUT2D eigenvalue weighted by Crippen LogP contribution is 2.36. The first kappa shape index (κ1) is 21.3. The number of aryl methyl sites for hydroxylation is 3. The summed E-state index contributed by atoms with van der Waals surface area (Å²) in [6, 6.07) is 8.39. The van der Waals surface area contributed by atoms with Gasteiger partial charge >= 0.3 is 0 Å². The Morgan fingerprint density at radius 1 is 1.23 bits per heavy atom. The molecule has 0 spiro atoms. The standard InChI is InChI=1S/C23H22BrClN2O2S/c1-13-9-19(21(24)14(2)22(13)25)29-11-20(28)27-23-26-18(12-30-23)17-8-7-15-5-3-4-6-16(15)10-17/h7-10,12H,3-6,11H2,1-2H3,(H,26,27,28). The van der Waals surface area contributed by atoms with Crippen LogP contribution in [-0.2, 0) is 17.6 Å². The fraction of sp³-hybridized carbons (Fsp3) is 0.304. The van der Waals surface area contributed by atoms with Crippen molar-refractivity contribution in [3.63, 3.8) is 0 Å². The molecular formula is C23H22BrClN2O2S. The third kappa shape index (κ3) is 4.56. The van der Waals surface area contributed by atoms with Gasteiger partial charge in [0.05, 0.1) is 10.2 Å². The third-order valence-electron chi connectivity index (χ3n) is 5.32. The number of benzene rings is 2. The van der Waals surface area contributed by atoms with Gasteiger partial charge in [-0.25, -0.2) is 4.98 Å². The molecule has 0 saturated heterocycles. The number of nitrogens with zero attached hydrogens (tertiary/aromatic N) is 1. The molecule has 1 heterocycles. The molecule has 0 bridgehead atoms. The second-order valence-electron chi connectivity index (χ2n) is 7.51. The lowest BCUT2D eigenvalue weighted by atomic mass is 9.90. The summed E-state index contributed by atoms with van der Waals surface area (Å²) in [7, 11) is 0. The van der Waals surface area contributed by atoms with Crippen molar-refractivity contribution in [1.29, 1.82) is 0 Å². The van der Waals surface area contributed by atoms with Gasteiger partial charge in [0.25, 0.3) is 5.91 Å². The molecular weight excluding hydrogens is 484 g/mol. The Balaban J connectivity index is 1.40. The van der Waals surface area contributed by atoms with Gasteiger partial charge in [0.15, 0.2) is 11.7 Å². The Morgan fingerprint density at radius 3 is 2.80 bits per heavy atom. The highest BCUT2D eigenvalue weighted by molar-refractivity contribution is 9.10. The van der Waals surface area contributed by atoms with Gasteiger partial charge in [-0.1, -0.05) is 23.7 Å². The van der Waals surface area contributed by atoms with Crippen LogP contribution in [-0.4, -0.2) is 17.5 Å². The number of ether oxygens (including phenoxy) is 1. The minimum Gasteiger partial charge on any atom is -0.483 e. The zero-order chi connectivity index (χ0) is 21.3. The van der Waals surface area contributed by atoms with Crippen LogP contribution >= 0.6 is 38.9 Å². The van der Waals surface area contributed by atoms with E-state index in [0.717, 1.165) is 39.7 Å². The van der Waals surface area contributed by atoms with Crippen molar-refractivity contribution in [3.8, 4) is 17.0 Å². The van der Waals surface area contributed by atoms with Crippen molar-refractivity contribution in [2.45, 2.75) is 39.5 Å². The van der Waals surface area contributed by atoms with Gasteiger partial charge in [-0.15, -0.1) is 11.3 Å². The van der Waals surface area contributed by atoms with Crippen LogP contribution < -0.4 is 10.1 Å². The predicted molar refractivity (Wildman–Crippen MR) is 127 cm³/mol. The SMILES string of the molecule is Cc1cc(OCC(=O)Nc2nc(-c3ccc4c(c3)CCCC4)cs2)c(Br)c(C)c1Cl. The molecule has 0 atom stereocenters. The van der Waals surface area contributed by atoms with Gasteiger partial charge in [0.1, 0.15) is 5.75 Å². The molecule has 0 radical (unpaired) electrons. The first-order valence-electron chi connectivity index (χ1n) is 9.88. The van der Waals surface area contributed by atoms with Crippen molar-refractivity contribution < 1.29 is 9.53 Å². The zero-order valence-corrected chi connectivity index (χ0v) is 20.0. The van der Waals surface area contributed by atoms with Crippen molar-refractivity contribution in [2.75, 3.05) is 11.9 Å². The summed E-state index contributed by atoms with van der Waals surface area (Å²) in [6.07, 6.45) is 4.81. The van der Waals surface area contributed by atoms with Gasteiger partial charge in [-0.3, -0.25) is 10.1 Å². The molecule has 0 aliphatic heterocycles. The summed E-state index contributed by atoms with van der Waals surface area (Å²) < 4.78 is 6.46. The summed E-state index contributed by atoms with van der Waals surface area (Å²) in [4.78, 5) is 16.9. The normalized spacial score (nSPS) is 13.1. The lowest BCUT2D eigenvalue weighted by Gasteiger charge is -2.16. The van der Waals surface area contributed by atoms with E-state index in [9.17, 15) is 4.79 Å². The van der Waals surface area contributed by atoms with E-state index in [4.69, 9.17) is 16.3 Å². The number of anilines is 1. The second-order valence-corrected chi connectivity index (χ2v) is 9.54. The fourth-order valence-electron chi connectivity index (χ4n) is 3.66. The Bertz CT molecular complexity index is 1110. The first-order valence-corrected chi connectivity index (χ1v) is 11.9. The highest BCUT2D eigenvalue weighted by atomic mass is 79.9. The molecule has 7 heteroatoms. The topological polar surface area (TPSA) is 51.2 Å². The van der Waals surface area contributed by atoms with Crippen LogP contribution in [0.1, 0.15) is 35.1 Å². The molecule has 0 saturated carbocycles. The quantitative estimate of drug-likeness (QED) is 0.418. The highest BCUT2D eigenvalue weighted by Gasteiger charge is 2.15. The lowest BCUT2D eigenvalue weighted by molar-refractivity contribution is -0.118. The average molecular weight is 506 g/mol.